The summed E-state index contributed by atoms with van der Waals surface area (Å²) in [5.41, 5.74) is 3.00. The van der Waals surface area contributed by atoms with Gasteiger partial charge in [0.25, 0.3) is 0 Å². The van der Waals surface area contributed by atoms with Crippen molar-refractivity contribution in [3.8, 4) is 11.8 Å². The van der Waals surface area contributed by atoms with Gasteiger partial charge in [0.1, 0.15) is 11.8 Å². The Balaban J connectivity index is 2.01. The normalized spacial score (nSPS) is 10.1. The molecule has 0 heterocycles. The highest BCUT2D eigenvalue weighted by Gasteiger charge is 2.04. The van der Waals surface area contributed by atoms with E-state index in [1.807, 2.05) is 25.2 Å². The van der Waals surface area contributed by atoms with Crippen LogP contribution >= 0.6 is 11.8 Å². The minimum absolute atomic E-state index is 0.572. The summed E-state index contributed by atoms with van der Waals surface area (Å²) >= 11 is 1.77. The largest absolute Gasteiger partial charge is 0.495 e. The molecule has 0 radical (unpaired) electrons. The van der Waals surface area contributed by atoms with Crippen LogP contribution in [-0.2, 0) is 12.3 Å². The van der Waals surface area contributed by atoms with Gasteiger partial charge in [-0.2, -0.15) is 5.26 Å². The first-order valence-corrected chi connectivity index (χ1v) is 7.68. The molecular formula is C17H18N2OS. The molecule has 3 nitrogen and oxygen atoms in total. The van der Waals surface area contributed by atoms with Gasteiger partial charge in [0.2, 0.25) is 0 Å². The average Bonchev–Trinajstić information content (AvgIpc) is 2.54. The SMILES string of the molecule is CNCc1ccc(SCc2ccc(C#N)c(OC)c2)cc1. The zero-order chi connectivity index (χ0) is 15.1. The summed E-state index contributed by atoms with van der Waals surface area (Å²) in [4.78, 5) is 1.23. The van der Waals surface area contributed by atoms with E-state index in [-0.39, 0.29) is 0 Å². The zero-order valence-corrected chi connectivity index (χ0v) is 13.0. The minimum atomic E-state index is 0.572. The fourth-order valence-electron chi connectivity index (χ4n) is 1.99. The second-order valence-corrected chi connectivity index (χ2v) is 5.66. The van der Waals surface area contributed by atoms with Crippen LogP contribution in [0.1, 0.15) is 16.7 Å². The van der Waals surface area contributed by atoms with Crippen molar-refractivity contribution in [2.24, 2.45) is 0 Å². The predicted octanol–water partition coefficient (Wildman–Crippen LogP) is 3.58. The summed E-state index contributed by atoms with van der Waals surface area (Å²) in [7, 11) is 3.54. The number of nitrogens with zero attached hydrogens (tertiary/aromatic N) is 1. The van der Waals surface area contributed by atoms with Crippen molar-refractivity contribution in [3.05, 3.63) is 59.2 Å². The second kappa shape index (κ2) is 7.72. The van der Waals surface area contributed by atoms with Gasteiger partial charge in [-0.3, -0.25) is 0 Å². The summed E-state index contributed by atoms with van der Waals surface area (Å²) in [6, 6.07) is 16.4. The first kappa shape index (κ1) is 15.4. The Labute approximate surface area is 129 Å². The Hall–Kier alpha value is -1.96. The van der Waals surface area contributed by atoms with Gasteiger partial charge in [-0.25, -0.2) is 0 Å². The van der Waals surface area contributed by atoms with Crippen LogP contribution in [0.4, 0.5) is 0 Å². The number of ether oxygens (including phenoxy) is 1. The zero-order valence-electron chi connectivity index (χ0n) is 12.2. The van der Waals surface area contributed by atoms with Gasteiger partial charge in [-0.15, -0.1) is 11.8 Å². The van der Waals surface area contributed by atoms with E-state index in [2.05, 4.69) is 35.7 Å². The number of rotatable bonds is 6. The van der Waals surface area contributed by atoms with E-state index >= 15 is 0 Å². The van der Waals surface area contributed by atoms with E-state index in [9.17, 15) is 0 Å². The fraction of sp³-hybridized carbons (Fsp3) is 0.235. The van der Waals surface area contributed by atoms with Crippen LogP contribution in [-0.4, -0.2) is 14.2 Å². The number of hydrogen-bond acceptors (Lipinski definition) is 4. The van der Waals surface area contributed by atoms with E-state index in [0.29, 0.717) is 11.3 Å². The van der Waals surface area contributed by atoms with Crippen LogP contribution in [0.15, 0.2) is 47.4 Å². The van der Waals surface area contributed by atoms with Gasteiger partial charge in [0.15, 0.2) is 0 Å². The van der Waals surface area contributed by atoms with Crippen LogP contribution in [0.5, 0.6) is 5.75 Å². The van der Waals surface area contributed by atoms with Crippen molar-refractivity contribution in [1.29, 1.82) is 5.26 Å². The molecular weight excluding hydrogens is 280 g/mol. The molecule has 0 fully saturated rings. The maximum atomic E-state index is 8.98. The molecule has 0 aliphatic heterocycles. The molecule has 0 unspecified atom stereocenters. The predicted molar refractivity (Wildman–Crippen MR) is 86.5 cm³/mol. The summed E-state index contributed by atoms with van der Waals surface area (Å²) < 4.78 is 5.23. The average molecular weight is 298 g/mol. The van der Waals surface area contributed by atoms with Crippen LogP contribution in [0.2, 0.25) is 0 Å². The lowest BCUT2D eigenvalue weighted by atomic mass is 10.1. The van der Waals surface area contributed by atoms with Gasteiger partial charge in [-0.1, -0.05) is 18.2 Å². The highest BCUT2D eigenvalue weighted by molar-refractivity contribution is 7.98. The van der Waals surface area contributed by atoms with Crippen LogP contribution < -0.4 is 10.1 Å². The Kier molecular flexibility index (Phi) is 5.68. The van der Waals surface area contributed by atoms with Crippen LogP contribution in [0.3, 0.4) is 0 Å². The lowest BCUT2D eigenvalue weighted by Crippen LogP contribution is -2.04. The molecule has 0 aliphatic rings. The van der Waals surface area contributed by atoms with Crippen molar-refractivity contribution in [2.45, 2.75) is 17.2 Å². The molecule has 0 aliphatic carbocycles. The molecule has 0 spiro atoms. The highest BCUT2D eigenvalue weighted by Crippen LogP contribution is 2.26. The van der Waals surface area contributed by atoms with E-state index < -0.39 is 0 Å². The van der Waals surface area contributed by atoms with Crippen LogP contribution in [0.25, 0.3) is 0 Å². The maximum absolute atomic E-state index is 8.98. The lowest BCUT2D eigenvalue weighted by Gasteiger charge is -2.07. The van der Waals surface area contributed by atoms with Gasteiger partial charge in [-0.05, 0) is 42.4 Å². The molecule has 0 saturated heterocycles. The Bertz CT molecular complexity index is 632. The van der Waals surface area contributed by atoms with E-state index in [1.165, 1.54) is 10.5 Å². The third-order valence-corrected chi connectivity index (χ3v) is 4.18. The molecule has 0 amide bonds. The molecule has 21 heavy (non-hydrogen) atoms. The summed E-state index contributed by atoms with van der Waals surface area (Å²) in [6.07, 6.45) is 0. The van der Waals surface area contributed by atoms with Crippen molar-refractivity contribution < 1.29 is 4.74 Å². The van der Waals surface area contributed by atoms with Crippen molar-refractivity contribution in [3.63, 3.8) is 0 Å². The third-order valence-electron chi connectivity index (χ3n) is 3.10. The van der Waals surface area contributed by atoms with E-state index in [4.69, 9.17) is 10.00 Å². The Morgan fingerprint density at radius 1 is 1.14 bits per heavy atom. The summed E-state index contributed by atoms with van der Waals surface area (Å²) in [5.74, 6) is 1.49. The first-order valence-electron chi connectivity index (χ1n) is 6.70. The topological polar surface area (TPSA) is 45.0 Å². The third kappa shape index (κ3) is 4.25. The molecule has 4 heteroatoms. The fourth-order valence-corrected chi connectivity index (χ4v) is 2.83. The molecule has 0 aromatic heterocycles. The monoisotopic (exact) mass is 298 g/mol. The van der Waals surface area contributed by atoms with Gasteiger partial charge < -0.3 is 10.1 Å². The summed E-state index contributed by atoms with van der Waals surface area (Å²) in [6.45, 7) is 0.887. The molecule has 1 N–H and O–H groups in total. The number of benzene rings is 2. The van der Waals surface area contributed by atoms with Crippen molar-refractivity contribution in [2.75, 3.05) is 14.2 Å². The standard InChI is InChI=1S/C17H18N2OS/c1-19-11-13-4-7-16(8-5-13)21-12-14-3-6-15(10-18)17(9-14)20-2/h3-9,19H,11-12H2,1-2H3. The summed E-state index contributed by atoms with van der Waals surface area (Å²) in [5, 5.41) is 12.1. The first-order chi connectivity index (χ1) is 10.3. The molecule has 0 saturated carbocycles. The highest BCUT2D eigenvalue weighted by atomic mass is 32.2. The van der Waals surface area contributed by atoms with Gasteiger partial charge in [0, 0.05) is 17.2 Å². The van der Waals surface area contributed by atoms with Gasteiger partial charge in [0.05, 0.1) is 12.7 Å². The van der Waals surface area contributed by atoms with Crippen molar-refractivity contribution >= 4 is 11.8 Å². The smallest absolute Gasteiger partial charge is 0.136 e. The maximum Gasteiger partial charge on any atom is 0.136 e. The minimum Gasteiger partial charge on any atom is -0.495 e. The lowest BCUT2D eigenvalue weighted by molar-refractivity contribution is 0.413. The Morgan fingerprint density at radius 2 is 1.86 bits per heavy atom. The molecule has 2 aromatic rings. The van der Waals surface area contributed by atoms with Gasteiger partial charge >= 0.3 is 0 Å². The number of nitrogens with one attached hydrogen (secondary N) is 1. The molecule has 108 valence electrons. The van der Waals surface area contributed by atoms with Crippen molar-refractivity contribution in [1.82, 2.24) is 5.32 Å². The molecule has 0 atom stereocenters. The van der Waals surface area contributed by atoms with E-state index in [1.54, 1.807) is 18.9 Å². The van der Waals surface area contributed by atoms with E-state index in [0.717, 1.165) is 17.9 Å². The molecule has 2 rings (SSSR count). The Morgan fingerprint density at radius 3 is 2.48 bits per heavy atom. The quantitative estimate of drug-likeness (QED) is 0.828. The second-order valence-electron chi connectivity index (χ2n) is 4.61. The number of nitriles is 1. The number of hydrogen-bond donors (Lipinski definition) is 1. The van der Waals surface area contributed by atoms with Crippen LogP contribution in [0, 0.1) is 11.3 Å². The molecule has 0 bridgehead atoms. The molecule has 2 aromatic carbocycles. The number of methoxy groups -OCH3 is 1. The number of thioether (sulfide) groups is 1.